The Morgan fingerprint density at radius 3 is 2.54 bits per heavy atom. The molecule has 0 heterocycles. The number of hydrogen-bond acceptors (Lipinski definition) is 4. The van der Waals surface area contributed by atoms with Gasteiger partial charge in [0.2, 0.25) is 0 Å². The molecule has 1 amide bonds. The highest BCUT2D eigenvalue weighted by atomic mass is 79.9. The third-order valence-electron chi connectivity index (χ3n) is 3.92. The summed E-state index contributed by atoms with van der Waals surface area (Å²) in [5, 5.41) is 4.03. The van der Waals surface area contributed by atoms with Crippen LogP contribution in [0.5, 0.6) is 11.5 Å². The smallest absolute Gasteiger partial charge is 0.272 e. The van der Waals surface area contributed by atoms with Gasteiger partial charge in [0.15, 0.2) is 11.5 Å². The molecular weight excluding hydrogens is 420 g/mol. The van der Waals surface area contributed by atoms with Gasteiger partial charge in [0.05, 0.1) is 18.9 Å². The van der Waals surface area contributed by atoms with Crippen LogP contribution in [0, 0.1) is 0 Å². The van der Waals surface area contributed by atoms with E-state index in [1.807, 2.05) is 48.5 Å². The van der Waals surface area contributed by atoms with Gasteiger partial charge in [-0.2, -0.15) is 5.10 Å². The van der Waals surface area contributed by atoms with Gasteiger partial charge in [-0.1, -0.05) is 42.5 Å². The van der Waals surface area contributed by atoms with Gasteiger partial charge in [0.25, 0.3) is 5.91 Å². The Balaban J connectivity index is 1.67. The zero-order valence-electron chi connectivity index (χ0n) is 15.3. The van der Waals surface area contributed by atoms with Gasteiger partial charge < -0.3 is 9.47 Å². The second-order valence-corrected chi connectivity index (χ2v) is 6.72. The summed E-state index contributed by atoms with van der Waals surface area (Å²) in [5.41, 5.74) is 4.87. The highest BCUT2D eigenvalue weighted by Crippen LogP contribution is 2.28. The number of carbonyl (C=O) groups is 1. The normalized spacial score (nSPS) is 10.6. The van der Waals surface area contributed by atoms with Crippen LogP contribution in [0.3, 0.4) is 0 Å². The van der Waals surface area contributed by atoms with Crippen LogP contribution in [0.1, 0.15) is 21.5 Å². The molecule has 0 unspecified atom stereocenters. The highest BCUT2D eigenvalue weighted by Gasteiger charge is 2.08. The van der Waals surface area contributed by atoms with E-state index in [0.29, 0.717) is 28.1 Å². The van der Waals surface area contributed by atoms with Crippen LogP contribution >= 0.6 is 15.9 Å². The first-order chi connectivity index (χ1) is 13.7. The van der Waals surface area contributed by atoms with Gasteiger partial charge in [0.1, 0.15) is 6.61 Å². The molecule has 0 aliphatic rings. The molecule has 5 nitrogen and oxygen atoms in total. The van der Waals surface area contributed by atoms with E-state index in [1.165, 1.54) is 0 Å². The summed E-state index contributed by atoms with van der Waals surface area (Å²) in [5.74, 6) is 0.940. The Kier molecular flexibility index (Phi) is 6.81. The SMILES string of the molecule is COc1ccc(/C=N\NC(=O)c2ccccc2Br)cc1OCc1ccccc1. The minimum Gasteiger partial charge on any atom is -0.493 e. The average Bonchev–Trinajstić information content (AvgIpc) is 2.73. The van der Waals surface area contributed by atoms with E-state index in [4.69, 9.17) is 9.47 Å². The monoisotopic (exact) mass is 438 g/mol. The van der Waals surface area contributed by atoms with Crippen molar-refractivity contribution in [2.75, 3.05) is 7.11 Å². The molecule has 0 aromatic heterocycles. The fraction of sp³-hybridized carbons (Fsp3) is 0.0909. The maximum Gasteiger partial charge on any atom is 0.272 e. The fourth-order valence-electron chi connectivity index (χ4n) is 2.49. The lowest BCUT2D eigenvalue weighted by molar-refractivity contribution is 0.0954. The summed E-state index contributed by atoms with van der Waals surface area (Å²) in [7, 11) is 1.59. The maximum absolute atomic E-state index is 12.2. The van der Waals surface area contributed by atoms with Crippen LogP contribution < -0.4 is 14.9 Å². The molecule has 0 aliphatic heterocycles. The molecule has 1 N–H and O–H groups in total. The number of carbonyl (C=O) groups excluding carboxylic acids is 1. The molecular formula is C22H19BrN2O3. The number of hydrogen-bond donors (Lipinski definition) is 1. The second-order valence-electron chi connectivity index (χ2n) is 5.86. The summed E-state index contributed by atoms with van der Waals surface area (Å²) in [6, 6.07) is 22.5. The molecule has 3 aromatic rings. The summed E-state index contributed by atoms with van der Waals surface area (Å²) < 4.78 is 12.0. The largest absolute Gasteiger partial charge is 0.493 e. The van der Waals surface area contributed by atoms with Crippen molar-refractivity contribution < 1.29 is 14.3 Å². The Bertz CT molecular complexity index is 975. The van der Waals surface area contributed by atoms with Crippen LogP contribution in [-0.4, -0.2) is 19.2 Å². The first-order valence-corrected chi connectivity index (χ1v) is 9.39. The molecule has 0 radical (unpaired) electrons. The van der Waals surface area contributed by atoms with Crippen molar-refractivity contribution in [1.29, 1.82) is 0 Å². The number of rotatable bonds is 7. The summed E-state index contributed by atoms with van der Waals surface area (Å²) >= 11 is 3.35. The topological polar surface area (TPSA) is 59.9 Å². The van der Waals surface area contributed by atoms with Gasteiger partial charge in [-0.05, 0) is 57.4 Å². The number of nitrogens with zero attached hydrogens (tertiary/aromatic N) is 1. The van der Waals surface area contributed by atoms with Crippen molar-refractivity contribution in [2.24, 2.45) is 5.10 Å². The molecule has 0 fully saturated rings. The van der Waals surface area contributed by atoms with Crippen molar-refractivity contribution in [3.8, 4) is 11.5 Å². The maximum atomic E-state index is 12.2. The molecule has 142 valence electrons. The molecule has 6 heteroatoms. The average molecular weight is 439 g/mol. The van der Waals surface area contributed by atoms with E-state index >= 15 is 0 Å². The molecule has 28 heavy (non-hydrogen) atoms. The number of halogens is 1. The highest BCUT2D eigenvalue weighted by molar-refractivity contribution is 9.10. The zero-order chi connectivity index (χ0) is 19.8. The lowest BCUT2D eigenvalue weighted by Gasteiger charge is -2.11. The van der Waals surface area contributed by atoms with E-state index < -0.39 is 0 Å². The molecule has 0 saturated carbocycles. The van der Waals surface area contributed by atoms with Crippen LogP contribution in [0.4, 0.5) is 0 Å². The Labute approximate surface area is 172 Å². The van der Waals surface area contributed by atoms with Crippen LogP contribution in [0.15, 0.2) is 82.4 Å². The van der Waals surface area contributed by atoms with Crippen molar-refractivity contribution in [3.63, 3.8) is 0 Å². The number of benzene rings is 3. The van der Waals surface area contributed by atoms with Gasteiger partial charge in [-0.25, -0.2) is 5.43 Å². The van der Waals surface area contributed by atoms with Gasteiger partial charge >= 0.3 is 0 Å². The third kappa shape index (κ3) is 5.20. The standard InChI is InChI=1S/C22H19BrN2O3/c1-27-20-12-11-17(13-21(20)28-15-16-7-3-2-4-8-16)14-24-25-22(26)18-9-5-6-10-19(18)23/h2-14H,15H2,1H3,(H,25,26)/b24-14-. The first-order valence-electron chi connectivity index (χ1n) is 8.60. The minimum atomic E-state index is -0.294. The van der Waals surface area contributed by atoms with E-state index in [9.17, 15) is 4.79 Å². The van der Waals surface area contributed by atoms with Crippen LogP contribution in [0.2, 0.25) is 0 Å². The number of hydrazone groups is 1. The van der Waals surface area contributed by atoms with E-state index in [1.54, 1.807) is 37.6 Å². The van der Waals surface area contributed by atoms with E-state index in [0.717, 1.165) is 11.1 Å². The molecule has 0 aliphatic carbocycles. The molecule has 0 bridgehead atoms. The Morgan fingerprint density at radius 2 is 1.79 bits per heavy atom. The van der Waals surface area contributed by atoms with Crippen molar-refractivity contribution in [3.05, 3.63) is 94.0 Å². The number of amides is 1. The summed E-state index contributed by atoms with van der Waals surface area (Å²) in [6.45, 7) is 0.427. The van der Waals surface area contributed by atoms with Crippen LogP contribution in [0.25, 0.3) is 0 Å². The van der Waals surface area contributed by atoms with Gasteiger partial charge in [-0.15, -0.1) is 0 Å². The molecule has 3 aromatic carbocycles. The number of methoxy groups -OCH3 is 1. The summed E-state index contributed by atoms with van der Waals surface area (Å²) in [4.78, 5) is 12.2. The Hall–Kier alpha value is -3.12. The quantitative estimate of drug-likeness (QED) is 0.425. The van der Waals surface area contributed by atoms with E-state index in [-0.39, 0.29) is 5.91 Å². The van der Waals surface area contributed by atoms with Crippen LogP contribution in [-0.2, 0) is 6.61 Å². The Morgan fingerprint density at radius 1 is 1.04 bits per heavy atom. The molecule has 3 rings (SSSR count). The predicted octanol–water partition coefficient (Wildman–Crippen LogP) is 4.80. The van der Waals surface area contributed by atoms with Crippen molar-refractivity contribution in [2.45, 2.75) is 6.61 Å². The second kappa shape index (κ2) is 9.71. The molecule has 0 atom stereocenters. The molecule has 0 saturated heterocycles. The molecule has 0 spiro atoms. The lowest BCUT2D eigenvalue weighted by atomic mass is 10.2. The van der Waals surface area contributed by atoms with Crippen molar-refractivity contribution >= 4 is 28.1 Å². The van der Waals surface area contributed by atoms with E-state index in [2.05, 4.69) is 26.5 Å². The lowest BCUT2D eigenvalue weighted by Crippen LogP contribution is -2.18. The zero-order valence-corrected chi connectivity index (χ0v) is 16.8. The third-order valence-corrected chi connectivity index (χ3v) is 4.61. The summed E-state index contributed by atoms with van der Waals surface area (Å²) in [6.07, 6.45) is 1.56. The predicted molar refractivity (Wildman–Crippen MR) is 113 cm³/mol. The van der Waals surface area contributed by atoms with Gasteiger partial charge in [0, 0.05) is 4.47 Å². The minimum absolute atomic E-state index is 0.294. The number of nitrogens with one attached hydrogen (secondary N) is 1. The van der Waals surface area contributed by atoms with Crippen molar-refractivity contribution in [1.82, 2.24) is 5.43 Å². The fourth-order valence-corrected chi connectivity index (χ4v) is 2.96. The van der Waals surface area contributed by atoms with Gasteiger partial charge in [-0.3, -0.25) is 4.79 Å². The first kappa shape index (κ1) is 19.6. The number of ether oxygens (including phenoxy) is 2.